The molecule has 1 fully saturated rings. The molecule has 1 heterocycles. The lowest BCUT2D eigenvalue weighted by molar-refractivity contribution is -0.138. The molecule has 1 atom stereocenters. The molecule has 0 unspecified atom stereocenters. The van der Waals surface area contributed by atoms with Crippen molar-refractivity contribution in [2.45, 2.75) is 19.4 Å². The first-order valence-electron chi connectivity index (χ1n) is 6.89. The number of benzene rings is 1. The Bertz CT molecular complexity index is 461. The highest BCUT2D eigenvalue weighted by Crippen LogP contribution is 2.07. The second-order valence-corrected chi connectivity index (χ2v) is 4.88. The summed E-state index contributed by atoms with van der Waals surface area (Å²) in [6.07, 6.45) is 0.322. The number of amides is 2. The fourth-order valence-corrected chi connectivity index (χ4v) is 2.22. The molecule has 1 N–H and O–H groups in total. The largest absolute Gasteiger partial charge is 0.377 e. The zero-order chi connectivity index (χ0) is 14.4. The second-order valence-electron chi connectivity index (χ2n) is 4.88. The van der Waals surface area contributed by atoms with Crippen molar-refractivity contribution in [2.24, 2.45) is 0 Å². The Balaban J connectivity index is 1.75. The molecule has 0 aromatic heterocycles. The van der Waals surface area contributed by atoms with Crippen LogP contribution in [-0.4, -0.2) is 49.1 Å². The Morgan fingerprint density at radius 3 is 2.80 bits per heavy atom. The predicted molar refractivity (Wildman–Crippen MR) is 75.4 cm³/mol. The number of hydrogen-bond acceptors (Lipinski definition) is 3. The molecule has 2 rings (SSSR count). The molecule has 5 heteroatoms. The van der Waals surface area contributed by atoms with Gasteiger partial charge in [-0.25, -0.2) is 0 Å². The summed E-state index contributed by atoms with van der Waals surface area (Å²) < 4.78 is 5.30. The topological polar surface area (TPSA) is 58.6 Å². The molecule has 0 radical (unpaired) electrons. The van der Waals surface area contributed by atoms with Crippen molar-refractivity contribution in [3.8, 4) is 0 Å². The fraction of sp³-hybridized carbons (Fsp3) is 0.467. The van der Waals surface area contributed by atoms with Crippen LogP contribution in [0, 0.1) is 0 Å². The van der Waals surface area contributed by atoms with Crippen LogP contribution >= 0.6 is 0 Å². The molecule has 1 aliphatic heterocycles. The molecule has 1 aromatic rings. The third-order valence-corrected chi connectivity index (χ3v) is 3.35. The Kier molecular flexibility index (Phi) is 5.12. The number of carbonyl (C=O) groups is 2. The summed E-state index contributed by atoms with van der Waals surface area (Å²) in [6, 6.07) is 9.11. The number of hydrogen-bond donors (Lipinski definition) is 1. The standard InChI is InChI=1S/C15H20N2O3/c1-12-11-20-10-9-17(12)14(18)7-8-16-15(19)13-5-3-2-4-6-13/h2-6,12H,7-11H2,1H3,(H,16,19)/t12-/m1/s1. The maximum Gasteiger partial charge on any atom is 0.251 e. The molecular weight excluding hydrogens is 256 g/mol. The van der Waals surface area contributed by atoms with Gasteiger partial charge in [-0.2, -0.15) is 0 Å². The minimum Gasteiger partial charge on any atom is -0.377 e. The molecule has 0 spiro atoms. The van der Waals surface area contributed by atoms with Crippen LogP contribution in [0.5, 0.6) is 0 Å². The second kappa shape index (κ2) is 7.05. The van der Waals surface area contributed by atoms with E-state index in [2.05, 4.69) is 5.32 Å². The van der Waals surface area contributed by atoms with E-state index in [1.807, 2.05) is 30.0 Å². The van der Waals surface area contributed by atoms with Gasteiger partial charge in [0, 0.05) is 25.1 Å². The van der Waals surface area contributed by atoms with Crippen molar-refractivity contribution in [3.05, 3.63) is 35.9 Å². The molecule has 0 bridgehead atoms. The number of nitrogens with zero attached hydrogens (tertiary/aromatic N) is 1. The van der Waals surface area contributed by atoms with Crippen LogP contribution in [0.15, 0.2) is 30.3 Å². The third-order valence-electron chi connectivity index (χ3n) is 3.35. The van der Waals surface area contributed by atoms with Crippen molar-refractivity contribution in [3.63, 3.8) is 0 Å². The van der Waals surface area contributed by atoms with Crippen molar-refractivity contribution in [1.82, 2.24) is 10.2 Å². The molecule has 1 aromatic carbocycles. The average Bonchev–Trinajstić information content (AvgIpc) is 2.48. The fourth-order valence-electron chi connectivity index (χ4n) is 2.22. The van der Waals surface area contributed by atoms with Crippen molar-refractivity contribution in [2.75, 3.05) is 26.3 Å². The molecule has 1 aliphatic rings. The first-order chi connectivity index (χ1) is 9.68. The molecule has 0 aliphatic carbocycles. The summed E-state index contributed by atoms with van der Waals surface area (Å²) in [5.74, 6) is -0.0809. The van der Waals surface area contributed by atoms with Gasteiger partial charge in [0.05, 0.1) is 19.3 Å². The summed E-state index contributed by atoms with van der Waals surface area (Å²) in [6.45, 7) is 4.14. The Morgan fingerprint density at radius 2 is 2.10 bits per heavy atom. The molecule has 2 amide bonds. The lowest BCUT2D eigenvalue weighted by atomic mass is 10.2. The lowest BCUT2D eigenvalue weighted by Gasteiger charge is -2.33. The Labute approximate surface area is 118 Å². The van der Waals surface area contributed by atoms with Gasteiger partial charge in [-0.05, 0) is 19.1 Å². The summed E-state index contributed by atoms with van der Waals surface area (Å²) in [4.78, 5) is 25.7. The van der Waals surface area contributed by atoms with E-state index in [0.717, 1.165) is 0 Å². The van der Waals surface area contributed by atoms with Crippen molar-refractivity contribution < 1.29 is 14.3 Å². The number of morpholine rings is 1. The maximum absolute atomic E-state index is 12.0. The van der Waals surface area contributed by atoms with Gasteiger partial charge < -0.3 is 15.0 Å². The minimum atomic E-state index is -0.145. The van der Waals surface area contributed by atoms with Crippen LogP contribution in [0.25, 0.3) is 0 Å². The number of carbonyl (C=O) groups excluding carboxylic acids is 2. The minimum absolute atomic E-state index is 0.0640. The van der Waals surface area contributed by atoms with Gasteiger partial charge in [-0.3, -0.25) is 9.59 Å². The molecule has 0 saturated carbocycles. The maximum atomic E-state index is 12.0. The van der Waals surface area contributed by atoms with E-state index in [0.29, 0.717) is 38.3 Å². The van der Waals surface area contributed by atoms with Crippen LogP contribution in [-0.2, 0) is 9.53 Å². The Hall–Kier alpha value is -1.88. The van der Waals surface area contributed by atoms with Gasteiger partial charge in [0.15, 0.2) is 0 Å². The van der Waals surface area contributed by atoms with Crippen LogP contribution in [0.3, 0.4) is 0 Å². The van der Waals surface area contributed by atoms with Gasteiger partial charge in [0.25, 0.3) is 5.91 Å². The average molecular weight is 276 g/mol. The highest BCUT2D eigenvalue weighted by atomic mass is 16.5. The molecule has 108 valence electrons. The van der Waals surface area contributed by atoms with E-state index < -0.39 is 0 Å². The first kappa shape index (κ1) is 14.5. The highest BCUT2D eigenvalue weighted by molar-refractivity contribution is 5.94. The van der Waals surface area contributed by atoms with E-state index in [-0.39, 0.29) is 17.9 Å². The Morgan fingerprint density at radius 1 is 1.35 bits per heavy atom. The van der Waals surface area contributed by atoms with Crippen molar-refractivity contribution >= 4 is 11.8 Å². The lowest BCUT2D eigenvalue weighted by Crippen LogP contribution is -2.47. The molecule has 1 saturated heterocycles. The van der Waals surface area contributed by atoms with Gasteiger partial charge in [-0.1, -0.05) is 18.2 Å². The third kappa shape index (κ3) is 3.81. The van der Waals surface area contributed by atoms with Gasteiger partial charge >= 0.3 is 0 Å². The van der Waals surface area contributed by atoms with Gasteiger partial charge in [0.2, 0.25) is 5.91 Å². The highest BCUT2D eigenvalue weighted by Gasteiger charge is 2.23. The van der Waals surface area contributed by atoms with E-state index in [1.54, 1.807) is 12.1 Å². The van der Waals surface area contributed by atoms with Crippen LogP contribution in [0.2, 0.25) is 0 Å². The van der Waals surface area contributed by atoms with Crippen LogP contribution in [0.1, 0.15) is 23.7 Å². The normalized spacial score (nSPS) is 18.6. The summed E-state index contributed by atoms with van der Waals surface area (Å²) in [7, 11) is 0. The molecular formula is C15H20N2O3. The van der Waals surface area contributed by atoms with E-state index in [4.69, 9.17) is 4.74 Å². The smallest absolute Gasteiger partial charge is 0.251 e. The van der Waals surface area contributed by atoms with Crippen LogP contribution < -0.4 is 5.32 Å². The number of nitrogens with one attached hydrogen (secondary N) is 1. The summed E-state index contributed by atoms with van der Waals surface area (Å²) >= 11 is 0. The molecule has 20 heavy (non-hydrogen) atoms. The van der Waals surface area contributed by atoms with Crippen molar-refractivity contribution in [1.29, 1.82) is 0 Å². The van der Waals surface area contributed by atoms with E-state index in [1.165, 1.54) is 0 Å². The first-order valence-corrected chi connectivity index (χ1v) is 6.89. The number of rotatable bonds is 4. The van der Waals surface area contributed by atoms with Crippen LogP contribution in [0.4, 0.5) is 0 Å². The summed E-state index contributed by atoms with van der Waals surface area (Å²) in [5, 5.41) is 2.77. The predicted octanol–water partition coefficient (Wildman–Crippen LogP) is 1.05. The van der Waals surface area contributed by atoms with E-state index in [9.17, 15) is 9.59 Å². The molecule has 5 nitrogen and oxygen atoms in total. The summed E-state index contributed by atoms with van der Waals surface area (Å²) in [5.41, 5.74) is 0.611. The van der Waals surface area contributed by atoms with Gasteiger partial charge in [0.1, 0.15) is 0 Å². The number of ether oxygens (including phenoxy) is 1. The zero-order valence-electron chi connectivity index (χ0n) is 11.7. The van der Waals surface area contributed by atoms with Gasteiger partial charge in [-0.15, -0.1) is 0 Å². The van der Waals surface area contributed by atoms with E-state index >= 15 is 0 Å². The monoisotopic (exact) mass is 276 g/mol. The SMILES string of the molecule is C[C@@H]1COCCN1C(=O)CCNC(=O)c1ccccc1. The zero-order valence-corrected chi connectivity index (χ0v) is 11.7. The quantitative estimate of drug-likeness (QED) is 0.894.